The van der Waals surface area contributed by atoms with Crippen molar-refractivity contribution in [2.45, 2.75) is 26.4 Å². The second-order valence-corrected chi connectivity index (χ2v) is 7.44. The molecule has 2 heterocycles. The number of nitrogens with zero attached hydrogens (tertiary/aromatic N) is 3. The van der Waals surface area contributed by atoms with Crippen LogP contribution in [0.2, 0.25) is 0 Å². The van der Waals surface area contributed by atoms with Gasteiger partial charge in [0.05, 0.1) is 0 Å². The summed E-state index contributed by atoms with van der Waals surface area (Å²) in [6, 6.07) is 13.3. The van der Waals surface area contributed by atoms with Crippen molar-refractivity contribution in [3.8, 4) is 11.5 Å². The molecule has 0 amide bonds. The van der Waals surface area contributed by atoms with Crippen molar-refractivity contribution in [3.05, 3.63) is 76.0 Å². The number of halogens is 1. The van der Waals surface area contributed by atoms with Gasteiger partial charge < -0.3 is 4.42 Å². The molecule has 0 spiro atoms. The Morgan fingerprint density at radius 2 is 1.76 bits per heavy atom. The van der Waals surface area contributed by atoms with Crippen LogP contribution >= 0.6 is 0 Å². The highest BCUT2D eigenvalue weighted by atomic mass is 19.1. The molecule has 0 N–H and O–H groups in total. The van der Waals surface area contributed by atoms with E-state index in [1.54, 1.807) is 0 Å². The van der Waals surface area contributed by atoms with Crippen LogP contribution in [0.3, 0.4) is 0 Å². The molecule has 7 heteroatoms. The second kappa shape index (κ2) is 8.13. The fourth-order valence-electron chi connectivity index (χ4n) is 3.58. The Balaban J connectivity index is 1.37. The van der Waals surface area contributed by atoms with Crippen LogP contribution in [0.1, 0.15) is 28.8 Å². The van der Waals surface area contributed by atoms with Crippen molar-refractivity contribution in [1.82, 2.24) is 14.7 Å². The molecule has 6 nitrogen and oxygen atoms in total. The maximum absolute atomic E-state index is 13.1. The van der Waals surface area contributed by atoms with Gasteiger partial charge in [0.1, 0.15) is 12.5 Å². The van der Waals surface area contributed by atoms with E-state index in [2.05, 4.69) is 10.00 Å². The summed E-state index contributed by atoms with van der Waals surface area (Å²) in [5.74, 6) is -0.570. The Labute approximate surface area is 167 Å². The topological polar surface area (TPSA) is 68.3 Å². The minimum absolute atomic E-state index is 0.00207. The van der Waals surface area contributed by atoms with Gasteiger partial charge >= 0.3 is 5.76 Å². The van der Waals surface area contributed by atoms with E-state index in [0.717, 1.165) is 24.0 Å². The molecule has 29 heavy (non-hydrogen) atoms. The zero-order chi connectivity index (χ0) is 20.4. The molecule has 0 atom stereocenters. The molecule has 4 rings (SSSR count). The zero-order valence-electron chi connectivity index (χ0n) is 16.2. The Morgan fingerprint density at radius 1 is 1.10 bits per heavy atom. The minimum Gasteiger partial charge on any atom is -0.388 e. The molecule has 3 aromatic rings. The molecule has 0 radical (unpaired) electrons. The number of likely N-dealkylation sites (tertiary alicyclic amines) is 1. The summed E-state index contributed by atoms with van der Waals surface area (Å²) in [6.07, 6.45) is 1.48. The number of ketones is 1. The van der Waals surface area contributed by atoms with E-state index >= 15 is 0 Å². The normalized spacial score (nSPS) is 15.5. The van der Waals surface area contributed by atoms with Crippen molar-refractivity contribution in [2.24, 2.45) is 5.92 Å². The fourth-order valence-corrected chi connectivity index (χ4v) is 3.58. The molecule has 1 saturated heterocycles. The van der Waals surface area contributed by atoms with Crippen LogP contribution in [0.5, 0.6) is 0 Å². The monoisotopic (exact) mass is 395 g/mol. The van der Waals surface area contributed by atoms with E-state index in [9.17, 15) is 14.0 Å². The first-order valence-electron chi connectivity index (χ1n) is 9.67. The molecule has 150 valence electrons. The summed E-state index contributed by atoms with van der Waals surface area (Å²) in [6.45, 7) is 3.70. The van der Waals surface area contributed by atoms with Crippen molar-refractivity contribution in [3.63, 3.8) is 0 Å². The largest absolute Gasteiger partial charge is 0.438 e. The zero-order valence-corrected chi connectivity index (χ0v) is 16.2. The highest BCUT2D eigenvalue weighted by molar-refractivity contribution is 5.97. The predicted molar refractivity (Wildman–Crippen MR) is 106 cm³/mol. The molecule has 0 aliphatic carbocycles. The predicted octanol–water partition coefficient (Wildman–Crippen LogP) is 3.50. The van der Waals surface area contributed by atoms with Gasteiger partial charge in [0.2, 0.25) is 5.89 Å². The maximum Gasteiger partial charge on any atom is 0.438 e. The third-order valence-electron chi connectivity index (χ3n) is 5.33. The van der Waals surface area contributed by atoms with E-state index in [4.69, 9.17) is 4.42 Å². The third-order valence-corrected chi connectivity index (χ3v) is 5.33. The number of aryl methyl sites for hydroxylation is 1. The molecule has 0 unspecified atom stereocenters. The smallest absolute Gasteiger partial charge is 0.388 e. The molecule has 1 aliphatic rings. The molecule has 0 saturated carbocycles. The van der Waals surface area contributed by atoms with Crippen LogP contribution in [-0.2, 0) is 6.67 Å². The average Bonchev–Trinajstić information content (AvgIpc) is 3.09. The van der Waals surface area contributed by atoms with Crippen molar-refractivity contribution in [1.29, 1.82) is 0 Å². The van der Waals surface area contributed by atoms with Gasteiger partial charge in [0, 0.05) is 30.1 Å². The minimum atomic E-state index is -0.554. The SMILES string of the molecule is Cc1ccc(C(=O)C2CCN(Cn3nc(-c4ccc(F)cc4)oc3=O)CC2)cc1. The summed E-state index contributed by atoms with van der Waals surface area (Å²) in [5.41, 5.74) is 2.43. The maximum atomic E-state index is 13.1. The summed E-state index contributed by atoms with van der Waals surface area (Å²) in [5, 5.41) is 4.22. The Hall–Kier alpha value is -3.06. The van der Waals surface area contributed by atoms with Gasteiger partial charge in [-0.1, -0.05) is 29.8 Å². The number of benzene rings is 2. The van der Waals surface area contributed by atoms with Gasteiger partial charge in [-0.15, -0.1) is 5.10 Å². The second-order valence-electron chi connectivity index (χ2n) is 7.44. The molecular formula is C22H22FN3O3. The first-order chi connectivity index (χ1) is 14.0. The highest BCUT2D eigenvalue weighted by Crippen LogP contribution is 2.22. The van der Waals surface area contributed by atoms with Crippen LogP contribution in [0.25, 0.3) is 11.5 Å². The van der Waals surface area contributed by atoms with E-state index in [-0.39, 0.29) is 23.4 Å². The number of carbonyl (C=O) groups is 1. The van der Waals surface area contributed by atoms with Crippen molar-refractivity contribution < 1.29 is 13.6 Å². The third kappa shape index (κ3) is 4.35. The Kier molecular flexibility index (Phi) is 5.40. The fraction of sp³-hybridized carbons (Fsp3) is 0.318. The van der Waals surface area contributed by atoms with Crippen LogP contribution in [0.4, 0.5) is 4.39 Å². The Morgan fingerprint density at radius 3 is 2.41 bits per heavy atom. The highest BCUT2D eigenvalue weighted by Gasteiger charge is 2.26. The number of carbonyl (C=O) groups excluding carboxylic acids is 1. The van der Waals surface area contributed by atoms with E-state index in [0.29, 0.717) is 25.3 Å². The number of hydrogen-bond donors (Lipinski definition) is 0. The molecule has 2 aromatic carbocycles. The summed E-state index contributed by atoms with van der Waals surface area (Å²) in [4.78, 5) is 26.9. The lowest BCUT2D eigenvalue weighted by atomic mass is 9.89. The van der Waals surface area contributed by atoms with Crippen molar-refractivity contribution in [2.75, 3.05) is 13.1 Å². The summed E-state index contributed by atoms with van der Waals surface area (Å²) < 4.78 is 19.5. The first kappa shape index (κ1) is 19.3. The van der Waals surface area contributed by atoms with Gasteiger partial charge in [0.15, 0.2) is 5.78 Å². The molecule has 1 aromatic heterocycles. The average molecular weight is 395 g/mol. The lowest BCUT2D eigenvalue weighted by molar-refractivity contribution is 0.0800. The Bertz CT molecular complexity index is 1050. The van der Waals surface area contributed by atoms with Crippen LogP contribution < -0.4 is 5.76 Å². The molecule has 1 fully saturated rings. The number of aromatic nitrogens is 2. The number of piperidine rings is 1. The first-order valence-corrected chi connectivity index (χ1v) is 9.67. The van der Waals surface area contributed by atoms with Gasteiger partial charge in [-0.05, 0) is 44.0 Å². The van der Waals surface area contributed by atoms with Gasteiger partial charge in [0.25, 0.3) is 0 Å². The van der Waals surface area contributed by atoms with E-state index in [1.165, 1.54) is 28.9 Å². The number of rotatable bonds is 5. The lowest BCUT2D eigenvalue weighted by Gasteiger charge is -2.30. The lowest BCUT2D eigenvalue weighted by Crippen LogP contribution is -2.39. The van der Waals surface area contributed by atoms with Crippen LogP contribution in [0.15, 0.2) is 57.7 Å². The van der Waals surface area contributed by atoms with Gasteiger partial charge in [-0.2, -0.15) is 4.68 Å². The van der Waals surface area contributed by atoms with Crippen molar-refractivity contribution >= 4 is 5.78 Å². The van der Waals surface area contributed by atoms with E-state index < -0.39 is 5.76 Å². The summed E-state index contributed by atoms with van der Waals surface area (Å²) in [7, 11) is 0. The summed E-state index contributed by atoms with van der Waals surface area (Å²) >= 11 is 0. The van der Waals surface area contributed by atoms with Gasteiger partial charge in [-0.3, -0.25) is 9.69 Å². The van der Waals surface area contributed by atoms with E-state index in [1.807, 2.05) is 31.2 Å². The van der Waals surface area contributed by atoms with Crippen LogP contribution in [0, 0.1) is 18.7 Å². The quantitative estimate of drug-likeness (QED) is 0.619. The van der Waals surface area contributed by atoms with Crippen LogP contribution in [-0.4, -0.2) is 33.6 Å². The standard InChI is InChI=1S/C22H22FN3O3/c1-15-2-4-16(5-3-15)20(27)17-10-12-25(13-11-17)14-26-22(28)29-21(24-26)18-6-8-19(23)9-7-18/h2-9,17H,10-14H2,1H3. The molecule has 1 aliphatic heterocycles. The molecular weight excluding hydrogens is 373 g/mol. The van der Waals surface area contributed by atoms with Gasteiger partial charge in [-0.25, -0.2) is 9.18 Å². The number of Topliss-reactive ketones (excluding diaryl/α,β-unsaturated/α-hetero) is 1. The molecule has 0 bridgehead atoms. The number of hydrogen-bond acceptors (Lipinski definition) is 5.